The van der Waals surface area contributed by atoms with E-state index in [9.17, 15) is 5.11 Å². The second kappa shape index (κ2) is 18.6. The first-order chi connectivity index (χ1) is 17.3. The number of unbranched alkanes of at least 4 members (excludes halogenated alkanes) is 3. The zero-order valence-corrected chi connectivity index (χ0v) is 22.1. The number of hydrogen-bond acceptors (Lipinski definition) is 3. The molecular weight excluding hydrogens is 484 g/mol. The molecule has 36 heavy (non-hydrogen) atoms. The Hall–Kier alpha value is -1.63. The summed E-state index contributed by atoms with van der Waals surface area (Å²) in [6.45, 7) is 2.94. The van der Waals surface area contributed by atoms with Gasteiger partial charge < -0.3 is 5.11 Å². The van der Waals surface area contributed by atoms with Crippen LogP contribution in [-0.2, 0) is 17.1 Å². The fourth-order valence-corrected chi connectivity index (χ4v) is 4.04. The van der Waals surface area contributed by atoms with Gasteiger partial charge in [-0.05, 0) is 87.3 Å². The molecule has 4 heteroatoms. The van der Waals surface area contributed by atoms with Gasteiger partial charge in [0, 0.05) is 25.4 Å². The van der Waals surface area contributed by atoms with E-state index >= 15 is 0 Å². The van der Waals surface area contributed by atoms with Gasteiger partial charge in [-0.2, -0.15) is 0 Å². The van der Waals surface area contributed by atoms with Gasteiger partial charge in [0.15, 0.2) is 0 Å². The quantitative estimate of drug-likeness (QED) is 0.231. The molecule has 2 atom stereocenters. The zero-order chi connectivity index (χ0) is 24.6. The molecule has 2 aliphatic carbocycles. The number of hydrogen-bond donors (Lipinski definition) is 1. The van der Waals surface area contributed by atoms with E-state index in [2.05, 4.69) is 72.5 Å². The van der Waals surface area contributed by atoms with Crippen molar-refractivity contribution >= 4 is 0 Å². The maximum Gasteiger partial charge on any atom is 2.00 e. The number of aliphatic hydroxyl groups is 1. The van der Waals surface area contributed by atoms with Crippen LogP contribution in [0.15, 0.2) is 54.9 Å². The molecule has 1 heterocycles. The van der Waals surface area contributed by atoms with Gasteiger partial charge in [-0.3, -0.25) is 9.88 Å². The van der Waals surface area contributed by atoms with Crippen molar-refractivity contribution in [1.82, 2.24) is 9.88 Å². The van der Waals surface area contributed by atoms with Crippen molar-refractivity contribution in [3.05, 3.63) is 130 Å². The fourth-order valence-electron chi connectivity index (χ4n) is 4.04. The van der Waals surface area contributed by atoms with E-state index in [1.165, 1.54) is 18.8 Å². The smallest absolute Gasteiger partial charge is 0.394 e. The van der Waals surface area contributed by atoms with Gasteiger partial charge in [0.2, 0.25) is 0 Å². The second-order valence-corrected chi connectivity index (χ2v) is 8.50. The number of nitrogens with zero attached hydrogens (tertiary/aromatic N) is 2. The van der Waals surface area contributed by atoms with E-state index in [0.29, 0.717) is 6.54 Å². The average molecular weight is 520 g/mol. The van der Waals surface area contributed by atoms with Crippen LogP contribution in [0.1, 0.15) is 55.8 Å². The van der Waals surface area contributed by atoms with E-state index in [1.807, 2.05) is 62.6 Å². The maximum atomic E-state index is 10.4. The summed E-state index contributed by atoms with van der Waals surface area (Å²) in [5.41, 5.74) is 2.15. The summed E-state index contributed by atoms with van der Waals surface area (Å²) in [6, 6.07) is 13.9. The van der Waals surface area contributed by atoms with E-state index in [-0.39, 0.29) is 35.8 Å². The molecule has 0 aliphatic heterocycles. The molecule has 186 valence electrons. The minimum Gasteiger partial charge on any atom is -0.394 e. The minimum atomic E-state index is -0.156. The Labute approximate surface area is 231 Å². The molecule has 0 amide bonds. The maximum absolute atomic E-state index is 10.4. The molecule has 0 saturated heterocycles. The molecule has 2 aromatic rings. The van der Waals surface area contributed by atoms with Crippen molar-refractivity contribution in [2.24, 2.45) is 0 Å². The Kier molecular flexibility index (Phi) is 15.8. The third-order valence-corrected chi connectivity index (χ3v) is 5.89. The van der Waals surface area contributed by atoms with Gasteiger partial charge in [0.1, 0.15) is 0 Å². The van der Waals surface area contributed by atoms with Gasteiger partial charge in [-0.1, -0.05) is 62.1 Å². The van der Waals surface area contributed by atoms with Gasteiger partial charge in [0.25, 0.3) is 0 Å². The van der Waals surface area contributed by atoms with Crippen LogP contribution >= 0.6 is 0 Å². The predicted octanol–water partition coefficient (Wildman–Crippen LogP) is 6.17. The van der Waals surface area contributed by atoms with Crippen LogP contribution in [0.25, 0.3) is 0 Å². The normalized spacial score (nSPS) is 16.9. The molecule has 2 fully saturated rings. The second-order valence-electron chi connectivity index (χ2n) is 8.50. The molecule has 2 aliphatic rings. The molecule has 1 aromatic carbocycles. The third-order valence-electron chi connectivity index (χ3n) is 5.89. The van der Waals surface area contributed by atoms with Crippen LogP contribution in [0.3, 0.4) is 0 Å². The third kappa shape index (κ3) is 10.4. The van der Waals surface area contributed by atoms with Crippen LogP contribution in [0.4, 0.5) is 0 Å². The molecule has 0 bridgehead atoms. The largest absolute Gasteiger partial charge is 2.00 e. The summed E-state index contributed by atoms with van der Waals surface area (Å²) in [6.07, 6.45) is 26.4. The summed E-state index contributed by atoms with van der Waals surface area (Å²) < 4.78 is 0. The summed E-state index contributed by atoms with van der Waals surface area (Å²) in [7, 11) is 0. The Balaban J connectivity index is 0.000000678. The van der Waals surface area contributed by atoms with E-state index in [4.69, 9.17) is 0 Å². The molecule has 2 saturated carbocycles. The molecule has 0 spiro atoms. The van der Waals surface area contributed by atoms with Crippen LogP contribution < -0.4 is 0 Å². The minimum absolute atomic E-state index is 0. The van der Waals surface area contributed by atoms with Crippen LogP contribution in [0.5, 0.6) is 0 Å². The molecule has 4 rings (SSSR count). The predicted molar refractivity (Wildman–Crippen MR) is 144 cm³/mol. The molecular formula is C32H36FeN2O+2. The Morgan fingerprint density at radius 1 is 0.861 bits per heavy atom. The van der Waals surface area contributed by atoms with Gasteiger partial charge in [0.05, 0.1) is 18.7 Å². The Morgan fingerprint density at radius 2 is 1.53 bits per heavy atom. The van der Waals surface area contributed by atoms with Crippen molar-refractivity contribution in [2.75, 3.05) is 13.2 Å². The Morgan fingerprint density at radius 3 is 2.11 bits per heavy atom. The number of aliphatic hydroxyl groups excluding tert-OH is 1. The topological polar surface area (TPSA) is 36.4 Å². The van der Waals surface area contributed by atoms with Gasteiger partial charge in [-0.15, -0.1) is 5.92 Å². The zero-order valence-electron chi connectivity index (χ0n) is 21.0. The van der Waals surface area contributed by atoms with Crippen molar-refractivity contribution in [3.63, 3.8) is 0 Å². The monoisotopic (exact) mass is 520 g/mol. The van der Waals surface area contributed by atoms with E-state index in [0.717, 1.165) is 24.0 Å². The molecule has 3 nitrogen and oxygen atoms in total. The SMILES string of the molecule is CCCCCC#C[C@@H](c1cccnc1)N(C[C]1[CH][CH][CH][CH]1)[C@@H](CO)c1ccccc1.[CH]1[CH][CH][CH][CH]1.[Fe+2]. The number of rotatable bonds is 10. The first-order valence-electron chi connectivity index (χ1n) is 12.5. The molecule has 0 unspecified atom stereocenters. The first kappa shape index (κ1) is 30.6. The molecule has 1 aromatic heterocycles. The first-order valence-corrected chi connectivity index (χ1v) is 12.5. The number of pyridine rings is 1. The molecule has 1 N–H and O–H groups in total. The standard InChI is InChI=1S/C27H31N2O.C5H5.Fe/c1-2-3-4-5-9-18-26(25-17-12-19-28-20-25)29(21-23-13-10-11-14-23)27(22-30)24-15-7-6-8-16-24;1-2-4-5-3-1;/h6-8,10-17,19-20,26-27,30H,2-5,21-22H2,1H3;1-5H;/q;;+2/t26-,27-;;/m0../s1. The van der Waals surface area contributed by atoms with Crippen molar-refractivity contribution in [1.29, 1.82) is 0 Å². The number of benzene rings is 1. The van der Waals surface area contributed by atoms with Crippen LogP contribution in [-0.4, -0.2) is 28.1 Å². The molecule has 10 radical (unpaired) electrons. The van der Waals surface area contributed by atoms with E-state index < -0.39 is 0 Å². The van der Waals surface area contributed by atoms with Gasteiger partial charge >= 0.3 is 17.1 Å². The van der Waals surface area contributed by atoms with Crippen LogP contribution in [0, 0.1) is 75.5 Å². The van der Waals surface area contributed by atoms with Crippen molar-refractivity contribution in [3.8, 4) is 11.8 Å². The summed E-state index contributed by atoms with van der Waals surface area (Å²) in [5.74, 6) is 8.14. The van der Waals surface area contributed by atoms with Gasteiger partial charge in [-0.25, -0.2) is 0 Å². The van der Waals surface area contributed by atoms with E-state index in [1.54, 1.807) is 6.20 Å². The van der Waals surface area contributed by atoms with Crippen molar-refractivity contribution < 1.29 is 22.2 Å². The summed E-state index contributed by atoms with van der Waals surface area (Å²) in [5, 5.41) is 10.4. The van der Waals surface area contributed by atoms with Crippen LogP contribution in [0.2, 0.25) is 0 Å². The van der Waals surface area contributed by atoms with Crippen molar-refractivity contribution in [2.45, 2.75) is 44.7 Å². The Bertz CT molecular complexity index is 846. The summed E-state index contributed by atoms with van der Waals surface area (Å²) in [4.78, 5) is 6.64. The average Bonchev–Trinajstić information content (AvgIpc) is 3.65. The fraction of sp³-hybridized carbons (Fsp3) is 0.281. The number of aromatic nitrogens is 1. The summed E-state index contributed by atoms with van der Waals surface area (Å²) >= 11 is 0.